The lowest BCUT2D eigenvalue weighted by atomic mass is 10.1. The summed E-state index contributed by atoms with van der Waals surface area (Å²) in [6.07, 6.45) is 0.605. The van der Waals surface area contributed by atoms with Gasteiger partial charge in [-0.2, -0.15) is 4.39 Å². The molecule has 1 N–H and O–H groups in total. The van der Waals surface area contributed by atoms with Crippen molar-refractivity contribution in [3.63, 3.8) is 0 Å². The predicted octanol–water partition coefficient (Wildman–Crippen LogP) is 2.11. The van der Waals surface area contributed by atoms with E-state index in [0.29, 0.717) is 17.4 Å². The first-order valence-electron chi connectivity index (χ1n) is 5.56. The fourth-order valence-corrected chi connectivity index (χ4v) is 1.84. The highest BCUT2D eigenvalue weighted by Gasteiger charge is 2.12. The summed E-state index contributed by atoms with van der Waals surface area (Å²) in [6, 6.07) is 5.31. The lowest BCUT2D eigenvalue weighted by molar-refractivity contribution is 0.0956. The number of hydrogen-bond donors (Lipinski definition) is 1. The molecule has 0 saturated heterocycles. The fraction of sp³-hybridized carbons (Fsp3) is 0.0769. The minimum absolute atomic E-state index is 0.0862. The average Bonchev–Trinajstić information content (AvgIpc) is 2.45. The van der Waals surface area contributed by atoms with Gasteiger partial charge in [-0.05, 0) is 18.2 Å². The summed E-state index contributed by atoms with van der Waals surface area (Å²) in [7, 11) is 1.41. The Morgan fingerprint density at radius 2 is 2.05 bits per heavy atom. The summed E-state index contributed by atoms with van der Waals surface area (Å²) >= 11 is 5.79. The van der Waals surface area contributed by atoms with Crippen LogP contribution in [-0.4, -0.2) is 29.2 Å². The van der Waals surface area contributed by atoms with Gasteiger partial charge < -0.3 is 5.32 Å². The smallest absolute Gasteiger partial charge is 0.269 e. The molecule has 1 amide bonds. The number of hydrogen-bond acceptors (Lipinski definition) is 4. The van der Waals surface area contributed by atoms with E-state index in [0.717, 1.165) is 6.07 Å². The molecule has 0 saturated carbocycles. The Kier molecular flexibility index (Phi) is 4.05. The largest absolute Gasteiger partial charge is 0.354 e. The van der Waals surface area contributed by atoms with Gasteiger partial charge in [0.1, 0.15) is 17.1 Å². The highest BCUT2D eigenvalue weighted by molar-refractivity contribution is 6.29. The number of rotatable bonds is 3. The maximum Gasteiger partial charge on any atom is 0.269 e. The zero-order valence-corrected chi connectivity index (χ0v) is 11.1. The van der Waals surface area contributed by atoms with Crippen LogP contribution in [-0.2, 0) is 0 Å². The molecule has 0 unspecified atom stereocenters. The number of amides is 1. The predicted molar refractivity (Wildman–Crippen MR) is 71.2 cm³/mol. The first kappa shape index (κ1) is 14.1. The van der Waals surface area contributed by atoms with Gasteiger partial charge in [-0.1, -0.05) is 11.6 Å². The third kappa shape index (κ3) is 2.97. The number of carbonyl (C=O) groups excluding carboxylic acids is 2. The van der Waals surface area contributed by atoms with Crippen molar-refractivity contribution < 1.29 is 14.0 Å². The summed E-state index contributed by atoms with van der Waals surface area (Å²) in [4.78, 5) is 29.8. The third-order valence-corrected chi connectivity index (χ3v) is 2.70. The van der Waals surface area contributed by atoms with Gasteiger partial charge >= 0.3 is 0 Å². The Bertz CT molecular complexity index is 691. The number of halogens is 2. The summed E-state index contributed by atoms with van der Waals surface area (Å²) in [5.41, 5.74) is 0.809. The number of carbonyl (C=O) groups is 2. The average molecular weight is 294 g/mol. The molecule has 0 fully saturated rings. The molecule has 2 rings (SSSR count). The molecular weight excluding hydrogens is 285 g/mol. The van der Waals surface area contributed by atoms with Crippen molar-refractivity contribution in [2.24, 2.45) is 0 Å². The number of nitrogens with one attached hydrogen (secondary N) is 1. The Morgan fingerprint density at radius 1 is 1.30 bits per heavy atom. The lowest BCUT2D eigenvalue weighted by Crippen LogP contribution is -2.19. The fourth-order valence-electron chi connectivity index (χ4n) is 1.62. The van der Waals surface area contributed by atoms with E-state index in [2.05, 4.69) is 15.3 Å². The number of aromatic nitrogens is 2. The van der Waals surface area contributed by atoms with Gasteiger partial charge in [0, 0.05) is 24.2 Å². The number of aldehydes is 1. The molecule has 0 aliphatic heterocycles. The van der Waals surface area contributed by atoms with Crippen LogP contribution >= 0.6 is 11.6 Å². The third-order valence-electron chi connectivity index (χ3n) is 2.50. The van der Waals surface area contributed by atoms with Crippen LogP contribution in [0.2, 0.25) is 5.15 Å². The van der Waals surface area contributed by atoms with E-state index >= 15 is 0 Å². The number of pyridine rings is 2. The van der Waals surface area contributed by atoms with Crippen LogP contribution in [0.5, 0.6) is 0 Å². The van der Waals surface area contributed by atoms with Gasteiger partial charge in [-0.3, -0.25) is 9.59 Å². The van der Waals surface area contributed by atoms with E-state index in [9.17, 15) is 14.0 Å². The molecule has 0 bridgehead atoms. The quantitative estimate of drug-likeness (QED) is 0.695. The monoisotopic (exact) mass is 293 g/mol. The van der Waals surface area contributed by atoms with Gasteiger partial charge in [0.25, 0.3) is 5.91 Å². The van der Waals surface area contributed by atoms with Crippen molar-refractivity contribution in [3.8, 4) is 11.3 Å². The SMILES string of the molecule is CNC(=O)c1cc(-c2cc(C=O)cc(Cl)n2)cc(F)n1. The number of nitrogens with zero attached hydrogens (tertiary/aromatic N) is 2. The molecule has 20 heavy (non-hydrogen) atoms. The first-order chi connectivity index (χ1) is 9.53. The van der Waals surface area contributed by atoms with E-state index in [1.807, 2.05) is 0 Å². The van der Waals surface area contributed by atoms with Crippen molar-refractivity contribution in [2.75, 3.05) is 7.05 Å². The second-order valence-corrected chi connectivity index (χ2v) is 4.26. The normalized spacial score (nSPS) is 10.2. The van der Waals surface area contributed by atoms with Gasteiger partial charge in [-0.15, -0.1) is 0 Å². The van der Waals surface area contributed by atoms with Gasteiger partial charge in [0.15, 0.2) is 0 Å². The van der Waals surface area contributed by atoms with Crippen LogP contribution in [0.15, 0.2) is 24.3 Å². The molecule has 2 heterocycles. The Balaban J connectivity index is 2.57. The standard InChI is InChI=1S/C13H9ClFN3O2/c1-16-13(20)10-4-8(5-12(15)18-10)9-2-7(6-19)3-11(14)17-9/h2-6H,1H3,(H,16,20). The molecule has 102 valence electrons. The summed E-state index contributed by atoms with van der Waals surface area (Å²) < 4.78 is 13.5. The van der Waals surface area contributed by atoms with Crippen molar-refractivity contribution in [1.82, 2.24) is 15.3 Å². The molecule has 7 heteroatoms. The lowest BCUT2D eigenvalue weighted by Gasteiger charge is -2.05. The highest BCUT2D eigenvalue weighted by Crippen LogP contribution is 2.22. The Morgan fingerprint density at radius 3 is 2.70 bits per heavy atom. The first-order valence-corrected chi connectivity index (χ1v) is 5.94. The molecule has 0 aliphatic carbocycles. The van der Waals surface area contributed by atoms with E-state index in [-0.39, 0.29) is 16.5 Å². The van der Waals surface area contributed by atoms with E-state index in [1.54, 1.807) is 0 Å². The molecule has 2 aromatic heterocycles. The van der Waals surface area contributed by atoms with Crippen LogP contribution < -0.4 is 5.32 Å². The molecule has 0 aliphatic rings. The van der Waals surface area contributed by atoms with E-state index in [4.69, 9.17) is 11.6 Å². The van der Waals surface area contributed by atoms with Crippen LogP contribution in [0.4, 0.5) is 4.39 Å². The minimum Gasteiger partial charge on any atom is -0.354 e. The second kappa shape index (κ2) is 5.75. The van der Waals surface area contributed by atoms with Crippen LogP contribution in [0.3, 0.4) is 0 Å². The topological polar surface area (TPSA) is 72.0 Å². The molecule has 0 atom stereocenters. The highest BCUT2D eigenvalue weighted by atomic mass is 35.5. The summed E-state index contributed by atoms with van der Waals surface area (Å²) in [6.45, 7) is 0. The van der Waals surface area contributed by atoms with E-state index < -0.39 is 11.9 Å². The van der Waals surface area contributed by atoms with Crippen molar-refractivity contribution in [2.45, 2.75) is 0 Å². The molecule has 5 nitrogen and oxygen atoms in total. The van der Waals surface area contributed by atoms with Crippen LogP contribution in [0.25, 0.3) is 11.3 Å². The second-order valence-electron chi connectivity index (χ2n) is 3.87. The van der Waals surface area contributed by atoms with Crippen molar-refractivity contribution in [3.05, 3.63) is 46.6 Å². The molecule has 0 aromatic carbocycles. The van der Waals surface area contributed by atoms with Crippen molar-refractivity contribution >= 4 is 23.8 Å². The van der Waals surface area contributed by atoms with Crippen LogP contribution in [0, 0.1) is 5.95 Å². The minimum atomic E-state index is -0.824. The molecular formula is C13H9ClFN3O2. The maximum atomic E-state index is 13.5. The molecule has 0 radical (unpaired) electrons. The van der Waals surface area contributed by atoms with Gasteiger partial charge in [-0.25, -0.2) is 9.97 Å². The zero-order chi connectivity index (χ0) is 14.7. The summed E-state index contributed by atoms with van der Waals surface area (Å²) in [5, 5.41) is 2.45. The molecule has 0 spiro atoms. The van der Waals surface area contributed by atoms with E-state index in [1.165, 1.54) is 25.2 Å². The zero-order valence-electron chi connectivity index (χ0n) is 10.4. The Hall–Kier alpha value is -2.34. The maximum absolute atomic E-state index is 13.5. The van der Waals surface area contributed by atoms with Crippen LogP contribution in [0.1, 0.15) is 20.8 Å². The molecule has 2 aromatic rings. The Labute approximate surface area is 118 Å². The van der Waals surface area contributed by atoms with Gasteiger partial charge in [0.2, 0.25) is 5.95 Å². The van der Waals surface area contributed by atoms with Crippen molar-refractivity contribution in [1.29, 1.82) is 0 Å². The summed E-state index contributed by atoms with van der Waals surface area (Å²) in [5.74, 6) is -1.35. The van der Waals surface area contributed by atoms with Gasteiger partial charge in [0.05, 0.1) is 5.69 Å².